The lowest BCUT2D eigenvalue weighted by Crippen LogP contribution is -2.36. The van der Waals surface area contributed by atoms with Gasteiger partial charge in [0, 0.05) is 10.5 Å². The van der Waals surface area contributed by atoms with Crippen LogP contribution >= 0.6 is 15.9 Å². The van der Waals surface area contributed by atoms with Gasteiger partial charge in [0.1, 0.15) is 0 Å². The van der Waals surface area contributed by atoms with E-state index in [1.165, 1.54) is 0 Å². The van der Waals surface area contributed by atoms with Gasteiger partial charge in [-0.25, -0.2) is 8.42 Å². The summed E-state index contributed by atoms with van der Waals surface area (Å²) in [7, 11) is -3.55. The molecule has 0 saturated heterocycles. The molecule has 5 heteroatoms. The fraction of sp³-hybridized carbons (Fsp3) is 0.250. The van der Waals surface area contributed by atoms with E-state index in [9.17, 15) is 8.42 Å². The summed E-state index contributed by atoms with van der Waals surface area (Å²) in [5.74, 6) is 0. The van der Waals surface area contributed by atoms with Crippen molar-refractivity contribution in [2.24, 2.45) is 0 Å². The van der Waals surface area contributed by atoms with Crippen molar-refractivity contribution in [3.05, 3.63) is 58.1 Å². The predicted molar refractivity (Wildman–Crippen MR) is 88.2 cm³/mol. The topological polar surface area (TPSA) is 37.4 Å². The molecule has 1 heterocycles. The van der Waals surface area contributed by atoms with Gasteiger partial charge in [-0.2, -0.15) is 0 Å². The molecule has 0 spiro atoms. The molecule has 0 aromatic heterocycles. The number of benzene rings is 2. The van der Waals surface area contributed by atoms with Crippen molar-refractivity contribution in [2.75, 3.05) is 4.31 Å². The van der Waals surface area contributed by atoms with Gasteiger partial charge >= 0.3 is 0 Å². The number of nitrogens with zero attached hydrogens (tertiary/aromatic N) is 1. The lowest BCUT2D eigenvalue weighted by atomic mass is 10.1. The Labute approximate surface area is 133 Å². The predicted octanol–water partition coefficient (Wildman–Crippen LogP) is 3.90. The molecule has 0 N–H and O–H groups in total. The van der Waals surface area contributed by atoms with E-state index in [4.69, 9.17) is 0 Å². The van der Waals surface area contributed by atoms with Crippen LogP contribution in [0.2, 0.25) is 0 Å². The van der Waals surface area contributed by atoms with Crippen molar-refractivity contribution < 1.29 is 8.42 Å². The van der Waals surface area contributed by atoms with E-state index in [0.29, 0.717) is 4.90 Å². The Bertz CT molecular complexity index is 802. The minimum absolute atomic E-state index is 0.0641. The standard InChI is InChI=1S/C16H16BrNO2S/c1-11-7-8-14(17)10-16(11)21(19,20)18-12(2)9-13-5-3-4-6-15(13)18/h3-8,10,12H,9H2,1-2H3/t12-/m0/s1. The van der Waals surface area contributed by atoms with Gasteiger partial charge in [0.05, 0.1) is 10.6 Å². The molecule has 2 aromatic rings. The highest BCUT2D eigenvalue weighted by Crippen LogP contribution is 2.37. The first kappa shape index (κ1) is 14.6. The van der Waals surface area contributed by atoms with Crippen molar-refractivity contribution in [1.82, 2.24) is 0 Å². The fourth-order valence-corrected chi connectivity index (χ4v) is 5.32. The number of hydrogen-bond acceptors (Lipinski definition) is 2. The first-order valence-electron chi connectivity index (χ1n) is 6.80. The third-order valence-electron chi connectivity index (χ3n) is 3.83. The molecular weight excluding hydrogens is 350 g/mol. The maximum atomic E-state index is 13.1. The average molecular weight is 366 g/mol. The number of hydrogen-bond donors (Lipinski definition) is 0. The smallest absolute Gasteiger partial charge is 0.263 e. The zero-order chi connectivity index (χ0) is 15.2. The molecule has 0 saturated carbocycles. The van der Waals surface area contributed by atoms with E-state index in [-0.39, 0.29) is 6.04 Å². The van der Waals surface area contributed by atoms with Crippen molar-refractivity contribution in [3.63, 3.8) is 0 Å². The van der Waals surface area contributed by atoms with Gasteiger partial charge in [0.15, 0.2) is 0 Å². The number of sulfonamides is 1. The van der Waals surface area contributed by atoms with Crippen molar-refractivity contribution in [1.29, 1.82) is 0 Å². The normalized spacial score (nSPS) is 17.9. The number of halogens is 1. The third-order valence-corrected chi connectivity index (χ3v) is 6.40. The first-order chi connectivity index (χ1) is 9.91. The maximum Gasteiger partial charge on any atom is 0.264 e. The van der Waals surface area contributed by atoms with E-state index < -0.39 is 10.0 Å². The van der Waals surface area contributed by atoms with Crippen LogP contribution in [0, 0.1) is 6.92 Å². The molecule has 0 bridgehead atoms. The molecule has 1 atom stereocenters. The van der Waals surface area contributed by atoms with Gasteiger partial charge in [-0.05, 0) is 49.6 Å². The lowest BCUT2D eigenvalue weighted by molar-refractivity contribution is 0.583. The monoisotopic (exact) mass is 365 g/mol. The van der Waals surface area contributed by atoms with Crippen LogP contribution in [-0.2, 0) is 16.4 Å². The molecular formula is C16H16BrNO2S. The van der Waals surface area contributed by atoms with Crippen LogP contribution in [0.1, 0.15) is 18.1 Å². The molecule has 0 unspecified atom stereocenters. The SMILES string of the molecule is Cc1ccc(Br)cc1S(=O)(=O)N1c2ccccc2C[C@@H]1C. The van der Waals surface area contributed by atoms with Gasteiger partial charge in [0.2, 0.25) is 0 Å². The summed E-state index contributed by atoms with van der Waals surface area (Å²) in [5, 5.41) is 0. The van der Waals surface area contributed by atoms with Crippen LogP contribution in [0.5, 0.6) is 0 Å². The second-order valence-electron chi connectivity index (χ2n) is 5.39. The van der Waals surface area contributed by atoms with Gasteiger partial charge in [0.25, 0.3) is 10.0 Å². The molecule has 110 valence electrons. The van der Waals surface area contributed by atoms with Gasteiger partial charge < -0.3 is 0 Å². The second-order valence-corrected chi connectivity index (χ2v) is 8.09. The number of para-hydroxylation sites is 1. The second kappa shape index (κ2) is 5.14. The molecule has 0 fully saturated rings. The highest BCUT2D eigenvalue weighted by molar-refractivity contribution is 9.10. The quantitative estimate of drug-likeness (QED) is 0.809. The van der Waals surface area contributed by atoms with Crippen molar-refractivity contribution in [2.45, 2.75) is 31.2 Å². The summed E-state index contributed by atoms with van der Waals surface area (Å²) in [4.78, 5) is 0.362. The van der Waals surface area contributed by atoms with Crippen molar-refractivity contribution in [3.8, 4) is 0 Å². The first-order valence-corrected chi connectivity index (χ1v) is 9.03. The zero-order valence-corrected chi connectivity index (χ0v) is 14.3. The van der Waals surface area contributed by atoms with Crippen LogP contribution in [-0.4, -0.2) is 14.5 Å². The number of fused-ring (bicyclic) bond motifs is 1. The molecule has 0 radical (unpaired) electrons. The Morgan fingerprint density at radius 1 is 1.19 bits per heavy atom. The Morgan fingerprint density at radius 3 is 2.67 bits per heavy atom. The summed E-state index contributed by atoms with van der Waals surface area (Å²) in [6.45, 7) is 3.77. The highest BCUT2D eigenvalue weighted by atomic mass is 79.9. The van der Waals surface area contributed by atoms with E-state index in [0.717, 1.165) is 27.7 Å². The summed E-state index contributed by atoms with van der Waals surface area (Å²) in [5.41, 5.74) is 2.64. The summed E-state index contributed by atoms with van der Waals surface area (Å²) >= 11 is 3.36. The van der Waals surface area contributed by atoms with Crippen LogP contribution < -0.4 is 4.31 Å². The maximum absolute atomic E-state index is 13.1. The number of anilines is 1. The lowest BCUT2D eigenvalue weighted by Gasteiger charge is -2.25. The average Bonchev–Trinajstić information content (AvgIpc) is 2.77. The van der Waals surface area contributed by atoms with Crippen LogP contribution in [0.25, 0.3) is 0 Å². The minimum atomic E-state index is -3.55. The molecule has 0 amide bonds. The minimum Gasteiger partial charge on any atom is -0.263 e. The van der Waals surface area contributed by atoms with Crippen LogP contribution in [0.3, 0.4) is 0 Å². The molecule has 2 aromatic carbocycles. The van der Waals surface area contributed by atoms with E-state index in [1.54, 1.807) is 10.4 Å². The number of rotatable bonds is 2. The zero-order valence-electron chi connectivity index (χ0n) is 11.9. The van der Waals surface area contributed by atoms with Crippen LogP contribution in [0.15, 0.2) is 51.8 Å². The molecule has 1 aliphatic heterocycles. The largest absolute Gasteiger partial charge is 0.264 e. The summed E-state index contributed by atoms with van der Waals surface area (Å²) < 4.78 is 28.5. The number of aryl methyl sites for hydroxylation is 1. The van der Waals surface area contributed by atoms with E-state index in [1.807, 2.05) is 50.2 Å². The third kappa shape index (κ3) is 2.38. The van der Waals surface area contributed by atoms with Gasteiger partial charge in [-0.15, -0.1) is 0 Å². The molecule has 1 aliphatic rings. The van der Waals surface area contributed by atoms with Crippen molar-refractivity contribution >= 4 is 31.6 Å². The Kier molecular flexibility index (Phi) is 3.58. The Morgan fingerprint density at radius 2 is 1.90 bits per heavy atom. The van der Waals surface area contributed by atoms with E-state index in [2.05, 4.69) is 15.9 Å². The molecule has 21 heavy (non-hydrogen) atoms. The Hall–Kier alpha value is -1.33. The summed E-state index contributed by atoms with van der Waals surface area (Å²) in [6.07, 6.45) is 0.752. The highest BCUT2D eigenvalue weighted by Gasteiger charge is 2.36. The fourth-order valence-electron chi connectivity index (χ4n) is 2.86. The van der Waals surface area contributed by atoms with Gasteiger partial charge in [-0.3, -0.25) is 4.31 Å². The molecule has 3 rings (SSSR count). The molecule has 3 nitrogen and oxygen atoms in total. The van der Waals surface area contributed by atoms with E-state index >= 15 is 0 Å². The molecule has 0 aliphatic carbocycles. The van der Waals surface area contributed by atoms with Gasteiger partial charge in [-0.1, -0.05) is 40.2 Å². The van der Waals surface area contributed by atoms with Crippen LogP contribution in [0.4, 0.5) is 5.69 Å². The Balaban J connectivity index is 2.17. The summed E-state index contributed by atoms with van der Waals surface area (Å²) in [6, 6.07) is 13.0.